The van der Waals surface area contributed by atoms with E-state index >= 15 is 0 Å². The first-order valence-corrected chi connectivity index (χ1v) is 3.64. The molecule has 2 heteroatoms. The van der Waals surface area contributed by atoms with Gasteiger partial charge >= 0.3 is 0 Å². The van der Waals surface area contributed by atoms with Crippen LogP contribution in [0.1, 0.15) is 27.2 Å². The third-order valence-corrected chi connectivity index (χ3v) is 0.677. The Balaban J connectivity index is 0. The Morgan fingerprint density at radius 1 is 1.22 bits per heavy atom. The average Bonchev–Trinajstić information content (AvgIpc) is 1.86. The molecule has 0 aliphatic rings. The van der Waals surface area contributed by atoms with Crippen molar-refractivity contribution < 1.29 is 5.11 Å². The Morgan fingerprint density at radius 2 is 1.67 bits per heavy atom. The molecule has 0 spiro atoms. The Bertz CT molecular complexity index is 28.1. The average molecular weight is 133 g/mol. The van der Waals surface area contributed by atoms with Gasteiger partial charge in [0, 0.05) is 6.61 Å². The molecule has 0 unspecified atom stereocenters. The summed E-state index contributed by atoms with van der Waals surface area (Å²) < 4.78 is 0. The first-order chi connectivity index (χ1) is 4.33. The molecule has 0 amide bonds. The van der Waals surface area contributed by atoms with Gasteiger partial charge in [-0.05, 0) is 26.4 Å². The lowest BCUT2D eigenvalue weighted by Crippen LogP contribution is -2.12. The highest BCUT2D eigenvalue weighted by molar-refractivity contribution is 4.35. The van der Waals surface area contributed by atoms with Crippen molar-refractivity contribution in [3.63, 3.8) is 0 Å². The van der Waals surface area contributed by atoms with E-state index in [-0.39, 0.29) is 6.61 Å². The normalized spacial score (nSPS) is 8.00. The summed E-state index contributed by atoms with van der Waals surface area (Å²) in [5, 5.41) is 10.8. The number of nitrogens with one attached hydrogen (secondary N) is 1. The molecule has 9 heavy (non-hydrogen) atoms. The van der Waals surface area contributed by atoms with Gasteiger partial charge in [-0.25, -0.2) is 0 Å². The van der Waals surface area contributed by atoms with E-state index in [0.29, 0.717) is 0 Å². The number of hydrogen-bond donors (Lipinski definition) is 2. The van der Waals surface area contributed by atoms with Crippen molar-refractivity contribution in [3.8, 4) is 0 Å². The van der Waals surface area contributed by atoms with E-state index in [1.165, 1.54) is 6.42 Å². The summed E-state index contributed by atoms with van der Waals surface area (Å²) in [7, 11) is 0. The fourth-order valence-corrected chi connectivity index (χ4v) is 0.354. The minimum atomic E-state index is 0.250. The van der Waals surface area contributed by atoms with E-state index in [1.807, 2.05) is 0 Å². The minimum absolute atomic E-state index is 0.250. The van der Waals surface area contributed by atoms with Gasteiger partial charge in [0.25, 0.3) is 0 Å². The quantitative estimate of drug-likeness (QED) is 0.563. The zero-order valence-electron chi connectivity index (χ0n) is 6.78. The Kier molecular flexibility index (Phi) is 20.3. The van der Waals surface area contributed by atoms with Crippen LogP contribution in [0, 0.1) is 0 Å². The molecule has 0 bridgehead atoms. The standard InChI is InChI=1S/C5H13N.C2H6O/c1-3-5-6-4-2;1-2-3/h6H,3-5H2,1-2H3;3H,2H2,1H3. The highest BCUT2D eigenvalue weighted by Gasteiger charge is 1.71. The second-order valence-corrected chi connectivity index (χ2v) is 1.67. The molecule has 0 heterocycles. The number of aliphatic hydroxyl groups excluding tert-OH is 1. The van der Waals surface area contributed by atoms with E-state index < -0.39 is 0 Å². The smallest absolute Gasteiger partial charge is 0.0402 e. The van der Waals surface area contributed by atoms with Gasteiger partial charge in [-0.3, -0.25) is 0 Å². The summed E-state index contributed by atoms with van der Waals surface area (Å²) in [6, 6.07) is 0. The van der Waals surface area contributed by atoms with E-state index in [4.69, 9.17) is 5.11 Å². The van der Waals surface area contributed by atoms with Crippen molar-refractivity contribution in [2.45, 2.75) is 27.2 Å². The molecule has 2 N–H and O–H groups in total. The fraction of sp³-hybridized carbons (Fsp3) is 1.00. The molecule has 2 nitrogen and oxygen atoms in total. The van der Waals surface area contributed by atoms with Crippen molar-refractivity contribution in [1.82, 2.24) is 5.32 Å². The van der Waals surface area contributed by atoms with Crippen LogP contribution in [0.4, 0.5) is 0 Å². The second kappa shape index (κ2) is 15.7. The number of rotatable bonds is 3. The maximum atomic E-state index is 7.57. The highest BCUT2D eigenvalue weighted by atomic mass is 16.2. The number of hydrogen-bond acceptors (Lipinski definition) is 2. The Hall–Kier alpha value is -0.0800. The zero-order valence-corrected chi connectivity index (χ0v) is 6.78. The van der Waals surface area contributed by atoms with Gasteiger partial charge in [0.1, 0.15) is 0 Å². The maximum Gasteiger partial charge on any atom is 0.0402 e. The van der Waals surface area contributed by atoms with Crippen LogP contribution >= 0.6 is 0 Å². The van der Waals surface area contributed by atoms with E-state index in [0.717, 1.165) is 13.1 Å². The molecule has 0 atom stereocenters. The molecule has 0 aliphatic carbocycles. The van der Waals surface area contributed by atoms with Gasteiger partial charge in [-0.2, -0.15) is 0 Å². The molecule has 0 saturated carbocycles. The highest BCUT2D eigenvalue weighted by Crippen LogP contribution is 1.65. The predicted molar refractivity (Wildman–Crippen MR) is 41.6 cm³/mol. The maximum absolute atomic E-state index is 7.57. The molecule has 0 aromatic heterocycles. The molecule has 0 fully saturated rings. The first-order valence-electron chi connectivity index (χ1n) is 3.64. The third-order valence-electron chi connectivity index (χ3n) is 0.677. The van der Waals surface area contributed by atoms with Crippen LogP contribution in [-0.2, 0) is 0 Å². The van der Waals surface area contributed by atoms with Gasteiger partial charge in [-0.15, -0.1) is 0 Å². The monoisotopic (exact) mass is 133 g/mol. The molecule has 0 aromatic carbocycles. The van der Waals surface area contributed by atoms with Crippen LogP contribution in [0.25, 0.3) is 0 Å². The van der Waals surface area contributed by atoms with Crippen LogP contribution in [0.3, 0.4) is 0 Å². The van der Waals surface area contributed by atoms with Gasteiger partial charge < -0.3 is 10.4 Å². The molecule has 0 aromatic rings. The number of aliphatic hydroxyl groups is 1. The zero-order chi connectivity index (χ0) is 7.54. The SMILES string of the molecule is CCCNCC.CCO. The lowest BCUT2D eigenvalue weighted by atomic mass is 10.5. The largest absolute Gasteiger partial charge is 0.397 e. The Morgan fingerprint density at radius 3 is 1.78 bits per heavy atom. The molecule has 0 saturated heterocycles. The van der Waals surface area contributed by atoms with Gasteiger partial charge in [0.05, 0.1) is 0 Å². The van der Waals surface area contributed by atoms with Gasteiger partial charge in [0.15, 0.2) is 0 Å². The van der Waals surface area contributed by atoms with Crippen LogP contribution < -0.4 is 5.32 Å². The second-order valence-electron chi connectivity index (χ2n) is 1.67. The van der Waals surface area contributed by atoms with Crippen molar-refractivity contribution in [2.24, 2.45) is 0 Å². The minimum Gasteiger partial charge on any atom is -0.397 e. The Labute approximate surface area is 58.3 Å². The summed E-state index contributed by atoms with van der Waals surface area (Å²) in [4.78, 5) is 0. The molecule has 0 radical (unpaired) electrons. The summed E-state index contributed by atoms with van der Waals surface area (Å²) >= 11 is 0. The van der Waals surface area contributed by atoms with Crippen LogP contribution in [0.5, 0.6) is 0 Å². The molecular formula is C7H19NO. The van der Waals surface area contributed by atoms with Crippen molar-refractivity contribution >= 4 is 0 Å². The molecular weight excluding hydrogens is 114 g/mol. The topological polar surface area (TPSA) is 32.3 Å². The van der Waals surface area contributed by atoms with Gasteiger partial charge in [0.2, 0.25) is 0 Å². The lowest BCUT2D eigenvalue weighted by Gasteiger charge is -1.91. The summed E-state index contributed by atoms with van der Waals surface area (Å²) in [5.41, 5.74) is 0. The lowest BCUT2D eigenvalue weighted by molar-refractivity contribution is 0.318. The molecule has 0 rings (SSSR count). The molecule has 0 aliphatic heterocycles. The van der Waals surface area contributed by atoms with Gasteiger partial charge in [-0.1, -0.05) is 13.8 Å². The molecule has 58 valence electrons. The van der Waals surface area contributed by atoms with Crippen LogP contribution in [-0.4, -0.2) is 24.8 Å². The summed E-state index contributed by atoms with van der Waals surface area (Å²) in [6.07, 6.45) is 1.24. The third kappa shape index (κ3) is 32.6. The van der Waals surface area contributed by atoms with Crippen molar-refractivity contribution in [2.75, 3.05) is 19.7 Å². The fourth-order valence-electron chi connectivity index (χ4n) is 0.354. The van der Waals surface area contributed by atoms with Crippen LogP contribution in [0.2, 0.25) is 0 Å². The van der Waals surface area contributed by atoms with E-state index in [2.05, 4.69) is 19.2 Å². The summed E-state index contributed by atoms with van der Waals surface area (Å²) in [6.45, 7) is 8.49. The van der Waals surface area contributed by atoms with Crippen LogP contribution in [0.15, 0.2) is 0 Å². The predicted octanol–water partition coefficient (Wildman–Crippen LogP) is 1.00. The summed E-state index contributed by atoms with van der Waals surface area (Å²) in [5.74, 6) is 0. The van der Waals surface area contributed by atoms with E-state index in [1.54, 1.807) is 6.92 Å². The van der Waals surface area contributed by atoms with Crippen molar-refractivity contribution in [1.29, 1.82) is 0 Å². The van der Waals surface area contributed by atoms with Crippen molar-refractivity contribution in [3.05, 3.63) is 0 Å². The van der Waals surface area contributed by atoms with E-state index in [9.17, 15) is 0 Å². The first kappa shape index (κ1) is 11.7.